The van der Waals surface area contributed by atoms with Crippen molar-refractivity contribution in [2.75, 3.05) is 18.5 Å². The standard InChI is InChI=1S/C24H30BrN3O4S/c25-16-13-24-18(17(19(16)33-24)21(30)26-14-7-3-1-4-8-14)23(32)28(11-12-29)20(24)22(31)27-15-9-5-2-6-10-15/h1,3-4,7-8,15-20,29H,2,5-6,9-13H2,(H,26,30)(H,27,31)/t16?,17-,18-,19-,20?,24?/m0/s1. The highest BCUT2D eigenvalue weighted by atomic mass is 79.9. The van der Waals surface area contributed by atoms with Crippen molar-refractivity contribution in [3.05, 3.63) is 30.3 Å². The summed E-state index contributed by atoms with van der Waals surface area (Å²) in [4.78, 5) is 42.3. The van der Waals surface area contributed by atoms with Crippen LogP contribution in [0.15, 0.2) is 30.3 Å². The lowest BCUT2D eigenvalue weighted by Crippen LogP contribution is -2.56. The number of amides is 3. The Hall–Kier alpha value is -1.58. The van der Waals surface area contributed by atoms with Crippen LogP contribution in [0.5, 0.6) is 0 Å². The van der Waals surface area contributed by atoms with Gasteiger partial charge in [-0.05, 0) is 31.4 Å². The van der Waals surface area contributed by atoms with Gasteiger partial charge in [0.05, 0.1) is 23.2 Å². The topological polar surface area (TPSA) is 98.7 Å². The van der Waals surface area contributed by atoms with Gasteiger partial charge in [0.25, 0.3) is 0 Å². The van der Waals surface area contributed by atoms with Gasteiger partial charge in [0.1, 0.15) is 6.04 Å². The molecule has 1 aromatic rings. The van der Waals surface area contributed by atoms with Crippen LogP contribution in [0.2, 0.25) is 0 Å². The fraction of sp³-hybridized carbons (Fsp3) is 0.625. The number of hydrogen-bond acceptors (Lipinski definition) is 5. The maximum Gasteiger partial charge on any atom is 0.244 e. The molecule has 1 spiro atoms. The zero-order chi connectivity index (χ0) is 23.2. The summed E-state index contributed by atoms with van der Waals surface area (Å²) in [5.41, 5.74) is 0.694. The van der Waals surface area contributed by atoms with Gasteiger partial charge in [0.15, 0.2) is 0 Å². The number of nitrogens with one attached hydrogen (secondary N) is 2. The third kappa shape index (κ3) is 3.90. The molecule has 2 bridgehead atoms. The number of alkyl halides is 1. The molecule has 0 aromatic heterocycles. The van der Waals surface area contributed by atoms with E-state index in [0.29, 0.717) is 12.1 Å². The number of aliphatic hydroxyl groups is 1. The zero-order valence-electron chi connectivity index (χ0n) is 18.4. The first-order valence-corrected chi connectivity index (χ1v) is 13.7. The molecule has 3 amide bonds. The third-order valence-electron chi connectivity index (χ3n) is 7.67. The van der Waals surface area contributed by atoms with Crippen LogP contribution < -0.4 is 10.6 Å². The molecule has 3 aliphatic heterocycles. The van der Waals surface area contributed by atoms with E-state index in [9.17, 15) is 19.5 Å². The quantitative estimate of drug-likeness (QED) is 0.486. The summed E-state index contributed by atoms with van der Waals surface area (Å²) >= 11 is 5.39. The number of thioether (sulfide) groups is 1. The van der Waals surface area contributed by atoms with Gasteiger partial charge in [-0.25, -0.2) is 0 Å². The van der Waals surface area contributed by atoms with Crippen molar-refractivity contribution in [3.63, 3.8) is 0 Å². The van der Waals surface area contributed by atoms with E-state index in [1.165, 1.54) is 6.42 Å². The van der Waals surface area contributed by atoms with Gasteiger partial charge >= 0.3 is 0 Å². The summed E-state index contributed by atoms with van der Waals surface area (Å²) in [7, 11) is 0. The van der Waals surface area contributed by atoms with Gasteiger partial charge in [-0.3, -0.25) is 14.4 Å². The molecule has 9 heteroatoms. The number of hydrogen-bond donors (Lipinski definition) is 3. The number of fused-ring (bicyclic) bond motifs is 1. The highest BCUT2D eigenvalue weighted by Crippen LogP contribution is 2.67. The molecule has 178 valence electrons. The normalized spacial score (nSPS) is 35.5. The van der Waals surface area contributed by atoms with E-state index in [4.69, 9.17) is 0 Å². The average Bonchev–Trinajstić information content (AvgIpc) is 3.39. The predicted molar refractivity (Wildman–Crippen MR) is 131 cm³/mol. The van der Waals surface area contributed by atoms with Crippen molar-refractivity contribution in [1.29, 1.82) is 0 Å². The van der Waals surface area contributed by atoms with Gasteiger partial charge in [-0.15, -0.1) is 11.8 Å². The summed E-state index contributed by atoms with van der Waals surface area (Å²) in [6.07, 6.45) is 5.97. The van der Waals surface area contributed by atoms with Crippen LogP contribution in [0, 0.1) is 11.8 Å². The Bertz CT molecular complexity index is 928. The molecule has 33 heavy (non-hydrogen) atoms. The van der Waals surface area contributed by atoms with Crippen molar-refractivity contribution in [2.45, 2.75) is 65.4 Å². The van der Waals surface area contributed by atoms with Crippen LogP contribution in [0.1, 0.15) is 38.5 Å². The molecular weight excluding hydrogens is 506 g/mol. The number of rotatable bonds is 6. The Morgan fingerprint density at radius 1 is 1.15 bits per heavy atom. The van der Waals surface area contributed by atoms with Crippen molar-refractivity contribution in [1.82, 2.24) is 10.2 Å². The van der Waals surface area contributed by atoms with Gasteiger partial charge in [0.2, 0.25) is 17.7 Å². The second kappa shape index (κ2) is 9.23. The molecule has 6 atom stereocenters. The van der Waals surface area contributed by atoms with Crippen LogP contribution in [0.25, 0.3) is 0 Å². The fourth-order valence-corrected chi connectivity index (χ4v) is 9.97. The van der Waals surface area contributed by atoms with Crippen LogP contribution in [0.3, 0.4) is 0 Å². The van der Waals surface area contributed by atoms with Crippen LogP contribution in [-0.2, 0) is 14.4 Å². The summed E-state index contributed by atoms with van der Waals surface area (Å²) in [5, 5.41) is 15.8. The maximum atomic E-state index is 13.7. The molecule has 4 fully saturated rings. The number of carbonyl (C=O) groups excluding carboxylic acids is 3. The zero-order valence-corrected chi connectivity index (χ0v) is 20.8. The number of carbonyl (C=O) groups is 3. The summed E-state index contributed by atoms with van der Waals surface area (Å²) in [6, 6.07) is 8.71. The minimum absolute atomic E-state index is 0.0390. The monoisotopic (exact) mass is 535 g/mol. The van der Waals surface area contributed by atoms with E-state index in [-0.39, 0.29) is 47.0 Å². The lowest BCUT2D eigenvalue weighted by molar-refractivity contribution is -0.139. The van der Waals surface area contributed by atoms with Crippen molar-refractivity contribution < 1.29 is 19.5 Å². The second-order valence-electron chi connectivity index (χ2n) is 9.62. The molecule has 3 saturated heterocycles. The van der Waals surface area contributed by atoms with E-state index in [1.54, 1.807) is 16.7 Å². The van der Waals surface area contributed by atoms with Crippen molar-refractivity contribution >= 4 is 51.1 Å². The Kier molecular flexibility index (Phi) is 6.48. The molecule has 0 radical (unpaired) electrons. The minimum atomic E-state index is -0.673. The number of likely N-dealkylation sites (tertiary alicyclic amines) is 1. The number of para-hydroxylation sites is 1. The Morgan fingerprint density at radius 3 is 2.58 bits per heavy atom. The molecule has 4 aliphatic rings. The molecular formula is C24H30BrN3O4S. The van der Waals surface area contributed by atoms with Crippen LogP contribution in [0.4, 0.5) is 5.69 Å². The van der Waals surface area contributed by atoms with E-state index in [1.807, 2.05) is 30.3 Å². The van der Waals surface area contributed by atoms with E-state index in [0.717, 1.165) is 25.7 Å². The SMILES string of the molecule is O=C(NC1CCCCC1)C1N(CCO)C(=O)[C@@H]2[C@H](C(=O)Nc3ccccc3)[C@H]3SC12CC3Br. The molecule has 3 N–H and O–H groups in total. The smallest absolute Gasteiger partial charge is 0.244 e. The lowest BCUT2D eigenvalue weighted by Gasteiger charge is -2.36. The average molecular weight is 536 g/mol. The minimum Gasteiger partial charge on any atom is -0.395 e. The predicted octanol–water partition coefficient (Wildman–Crippen LogP) is 2.53. The highest BCUT2D eigenvalue weighted by molar-refractivity contribution is 9.09. The number of halogens is 1. The van der Waals surface area contributed by atoms with Gasteiger partial charge in [-0.1, -0.05) is 53.4 Å². The first-order chi connectivity index (χ1) is 16.0. The van der Waals surface area contributed by atoms with E-state index in [2.05, 4.69) is 26.6 Å². The number of nitrogens with zero attached hydrogens (tertiary/aromatic N) is 1. The van der Waals surface area contributed by atoms with E-state index >= 15 is 0 Å². The number of aliphatic hydroxyl groups excluding tert-OH is 1. The molecule has 3 unspecified atom stereocenters. The highest BCUT2D eigenvalue weighted by Gasteiger charge is 2.75. The number of β-amino-alcohol motifs (C(OH)–C–C–N with tert-alkyl or cyclic N) is 1. The molecule has 5 rings (SSSR count). The Balaban J connectivity index is 1.45. The van der Waals surface area contributed by atoms with Crippen LogP contribution >= 0.6 is 27.7 Å². The molecule has 7 nitrogen and oxygen atoms in total. The first-order valence-electron chi connectivity index (χ1n) is 11.9. The molecule has 1 aromatic carbocycles. The molecule has 1 aliphatic carbocycles. The molecule has 3 heterocycles. The van der Waals surface area contributed by atoms with Gasteiger partial charge in [-0.2, -0.15) is 0 Å². The Labute approximate surface area is 206 Å². The number of benzene rings is 1. The summed E-state index contributed by atoms with van der Waals surface area (Å²) in [5.74, 6) is -1.60. The fourth-order valence-electron chi connectivity index (χ4n) is 6.35. The van der Waals surface area contributed by atoms with Crippen molar-refractivity contribution in [3.8, 4) is 0 Å². The van der Waals surface area contributed by atoms with Gasteiger partial charge < -0.3 is 20.6 Å². The Morgan fingerprint density at radius 2 is 1.88 bits per heavy atom. The summed E-state index contributed by atoms with van der Waals surface area (Å²) < 4.78 is -0.664. The van der Waals surface area contributed by atoms with Gasteiger partial charge in [0, 0.05) is 28.4 Å². The lowest BCUT2D eigenvalue weighted by atomic mass is 9.70. The largest absolute Gasteiger partial charge is 0.395 e. The number of anilines is 1. The second-order valence-corrected chi connectivity index (χ2v) is 12.3. The first kappa shape index (κ1) is 23.2. The van der Waals surface area contributed by atoms with Crippen molar-refractivity contribution in [2.24, 2.45) is 11.8 Å². The van der Waals surface area contributed by atoms with Crippen LogP contribution in [-0.4, -0.2) is 67.8 Å². The van der Waals surface area contributed by atoms with E-state index < -0.39 is 22.6 Å². The molecule has 1 saturated carbocycles. The summed E-state index contributed by atoms with van der Waals surface area (Å²) in [6.45, 7) is -0.112. The third-order valence-corrected chi connectivity index (χ3v) is 10.9. The maximum absolute atomic E-state index is 13.7.